The summed E-state index contributed by atoms with van der Waals surface area (Å²) in [4.78, 5) is 19.2. The van der Waals surface area contributed by atoms with Gasteiger partial charge in [-0.2, -0.15) is 5.26 Å². The van der Waals surface area contributed by atoms with Crippen molar-refractivity contribution in [2.24, 2.45) is 5.16 Å². The number of carboxylic acid groups (broad SMARTS) is 1. The Labute approximate surface area is 89.4 Å². The number of oxime groups is 1. The largest absolute Gasteiger partial charge is 0.476 e. The first-order valence-corrected chi connectivity index (χ1v) is 4.76. The SMILES string of the molecule is Cc1nc(/C(=N/OCC#N)C(=O)O)cs1. The molecule has 0 atom stereocenters. The maximum absolute atomic E-state index is 10.8. The summed E-state index contributed by atoms with van der Waals surface area (Å²) in [6, 6.07) is 1.68. The van der Waals surface area contributed by atoms with Crippen molar-refractivity contribution in [1.82, 2.24) is 4.98 Å². The van der Waals surface area contributed by atoms with E-state index in [0.29, 0.717) is 0 Å². The van der Waals surface area contributed by atoms with Crippen molar-refractivity contribution in [1.29, 1.82) is 5.26 Å². The molecule has 15 heavy (non-hydrogen) atoms. The molecule has 7 heteroatoms. The third kappa shape index (κ3) is 3.03. The van der Waals surface area contributed by atoms with Gasteiger partial charge in [0.15, 0.2) is 0 Å². The lowest BCUT2D eigenvalue weighted by Crippen LogP contribution is -2.15. The van der Waals surface area contributed by atoms with Crippen molar-refractivity contribution >= 4 is 23.0 Å². The number of aromatic nitrogens is 1. The molecule has 0 aliphatic carbocycles. The number of hydrogen-bond acceptors (Lipinski definition) is 6. The highest BCUT2D eigenvalue weighted by molar-refractivity contribution is 7.09. The van der Waals surface area contributed by atoms with Crippen LogP contribution < -0.4 is 0 Å². The van der Waals surface area contributed by atoms with Gasteiger partial charge in [-0.3, -0.25) is 0 Å². The molecule has 78 valence electrons. The molecule has 1 rings (SSSR count). The first-order chi connectivity index (χ1) is 7.15. The lowest BCUT2D eigenvalue weighted by molar-refractivity contribution is -0.129. The van der Waals surface area contributed by atoms with Crippen LogP contribution in [0, 0.1) is 18.3 Å². The Balaban J connectivity index is 2.89. The zero-order valence-electron chi connectivity index (χ0n) is 7.80. The number of nitrogens with zero attached hydrogens (tertiary/aromatic N) is 3. The minimum atomic E-state index is -1.24. The first-order valence-electron chi connectivity index (χ1n) is 3.88. The highest BCUT2D eigenvalue weighted by Gasteiger charge is 2.16. The molecule has 0 saturated carbocycles. The molecule has 0 fully saturated rings. The second kappa shape index (κ2) is 5.07. The summed E-state index contributed by atoms with van der Waals surface area (Å²) in [7, 11) is 0. The highest BCUT2D eigenvalue weighted by Crippen LogP contribution is 2.09. The Morgan fingerprint density at radius 3 is 3.07 bits per heavy atom. The molecule has 1 heterocycles. The van der Waals surface area contributed by atoms with Gasteiger partial charge >= 0.3 is 5.97 Å². The summed E-state index contributed by atoms with van der Waals surface area (Å²) in [5.41, 5.74) is -0.0578. The second-order valence-electron chi connectivity index (χ2n) is 2.43. The molecule has 0 spiro atoms. The van der Waals surface area contributed by atoms with Crippen molar-refractivity contribution in [2.45, 2.75) is 6.92 Å². The monoisotopic (exact) mass is 225 g/mol. The van der Waals surface area contributed by atoms with E-state index in [1.54, 1.807) is 18.4 Å². The molecule has 6 nitrogen and oxygen atoms in total. The maximum Gasteiger partial charge on any atom is 0.360 e. The minimum absolute atomic E-state index is 0.239. The third-order valence-corrected chi connectivity index (χ3v) is 2.12. The quantitative estimate of drug-likeness (QED) is 0.464. The lowest BCUT2D eigenvalue weighted by Gasteiger charge is -1.95. The van der Waals surface area contributed by atoms with Crippen molar-refractivity contribution in [3.8, 4) is 6.07 Å². The van der Waals surface area contributed by atoms with Crippen molar-refractivity contribution in [3.05, 3.63) is 16.1 Å². The molecule has 0 aliphatic heterocycles. The van der Waals surface area contributed by atoms with E-state index in [4.69, 9.17) is 10.4 Å². The average Bonchev–Trinajstić information content (AvgIpc) is 2.59. The Hall–Kier alpha value is -1.94. The normalized spacial score (nSPS) is 10.8. The summed E-state index contributed by atoms with van der Waals surface area (Å²) >= 11 is 1.31. The number of thiazole rings is 1. The molecular weight excluding hydrogens is 218 g/mol. The fourth-order valence-corrected chi connectivity index (χ4v) is 1.39. The third-order valence-electron chi connectivity index (χ3n) is 1.35. The van der Waals surface area contributed by atoms with Crippen molar-refractivity contribution < 1.29 is 14.7 Å². The number of hydrogen-bond donors (Lipinski definition) is 1. The van der Waals surface area contributed by atoms with Crippen LogP contribution in [0.25, 0.3) is 0 Å². The summed E-state index contributed by atoms with van der Waals surface area (Å²) in [6.07, 6.45) is 0. The summed E-state index contributed by atoms with van der Waals surface area (Å²) < 4.78 is 0. The number of rotatable bonds is 4. The molecule has 0 saturated heterocycles. The zero-order valence-corrected chi connectivity index (χ0v) is 8.61. The Morgan fingerprint density at radius 1 is 1.87 bits per heavy atom. The van der Waals surface area contributed by atoms with E-state index in [0.717, 1.165) is 5.01 Å². The van der Waals surface area contributed by atoms with Crippen LogP contribution in [-0.4, -0.2) is 28.4 Å². The molecule has 0 aliphatic rings. The van der Waals surface area contributed by atoms with Crippen LogP contribution in [0.2, 0.25) is 0 Å². The molecule has 1 aromatic heterocycles. The molecule has 0 amide bonds. The lowest BCUT2D eigenvalue weighted by atomic mass is 10.3. The van der Waals surface area contributed by atoms with Gasteiger partial charge in [0.05, 0.1) is 5.01 Å². The predicted molar refractivity (Wildman–Crippen MR) is 52.6 cm³/mol. The van der Waals surface area contributed by atoms with Crippen LogP contribution in [0.1, 0.15) is 10.7 Å². The molecule has 0 bridgehead atoms. The number of aliphatic carboxylic acids is 1. The molecule has 1 N–H and O–H groups in total. The van der Waals surface area contributed by atoms with E-state index in [-0.39, 0.29) is 18.0 Å². The van der Waals surface area contributed by atoms with Gasteiger partial charge in [0.25, 0.3) is 0 Å². The van der Waals surface area contributed by atoms with Gasteiger partial charge in [0.2, 0.25) is 12.3 Å². The summed E-state index contributed by atoms with van der Waals surface area (Å²) in [5.74, 6) is -1.24. The van der Waals surface area contributed by atoms with E-state index in [2.05, 4.69) is 15.0 Å². The van der Waals surface area contributed by atoms with Crippen LogP contribution in [0.15, 0.2) is 10.5 Å². The van der Waals surface area contributed by atoms with E-state index in [1.807, 2.05) is 0 Å². The highest BCUT2D eigenvalue weighted by atomic mass is 32.1. The van der Waals surface area contributed by atoms with E-state index in [1.165, 1.54) is 11.3 Å². The van der Waals surface area contributed by atoms with E-state index in [9.17, 15) is 4.79 Å². The Bertz CT molecular complexity index is 433. The van der Waals surface area contributed by atoms with Crippen LogP contribution in [-0.2, 0) is 9.63 Å². The Morgan fingerprint density at radius 2 is 2.60 bits per heavy atom. The molecule has 0 unspecified atom stereocenters. The first kappa shape index (κ1) is 11.1. The van der Waals surface area contributed by atoms with Gasteiger partial charge < -0.3 is 9.94 Å². The van der Waals surface area contributed by atoms with Crippen molar-refractivity contribution in [2.75, 3.05) is 6.61 Å². The van der Waals surface area contributed by atoms with Crippen LogP contribution in [0.3, 0.4) is 0 Å². The minimum Gasteiger partial charge on any atom is -0.476 e. The van der Waals surface area contributed by atoms with Crippen LogP contribution in [0.4, 0.5) is 0 Å². The standard InChI is InChI=1S/C8H7N3O3S/c1-5-10-6(4-15-5)7(8(12)13)11-14-3-2-9/h4H,3H2,1H3,(H,12,13)/b11-7-. The molecule has 1 aromatic rings. The van der Waals surface area contributed by atoms with Gasteiger partial charge in [-0.1, -0.05) is 5.16 Å². The van der Waals surface area contributed by atoms with Gasteiger partial charge in [-0.25, -0.2) is 9.78 Å². The molecule has 0 aromatic carbocycles. The van der Waals surface area contributed by atoms with Crippen LogP contribution >= 0.6 is 11.3 Å². The topological polar surface area (TPSA) is 95.6 Å². The molecule has 0 radical (unpaired) electrons. The van der Waals surface area contributed by atoms with E-state index >= 15 is 0 Å². The number of carboxylic acids is 1. The summed E-state index contributed by atoms with van der Waals surface area (Å²) in [5, 5.41) is 22.6. The van der Waals surface area contributed by atoms with Gasteiger partial charge in [0.1, 0.15) is 11.8 Å². The maximum atomic E-state index is 10.8. The van der Waals surface area contributed by atoms with Gasteiger partial charge in [-0.15, -0.1) is 11.3 Å². The smallest absolute Gasteiger partial charge is 0.360 e. The number of nitriles is 1. The zero-order chi connectivity index (χ0) is 11.3. The fraction of sp³-hybridized carbons (Fsp3) is 0.250. The van der Waals surface area contributed by atoms with E-state index < -0.39 is 5.97 Å². The molecular formula is C8H7N3O3S. The summed E-state index contributed by atoms with van der Waals surface area (Å²) in [6.45, 7) is 1.46. The van der Waals surface area contributed by atoms with Crippen molar-refractivity contribution in [3.63, 3.8) is 0 Å². The second-order valence-corrected chi connectivity index (χ2v) is 3.49. The number of aryl methyl sites for hydroxylation is 1. The number of carbonyl (C=O) groups is 1. The average molecular weight is 225 g/mol. The predicted octanol–water partition coefficient (Wildman–Crippen LogP) is 0.780. The van der Waals surface area contributed by atoms with Gasteiger partial charge in [0, 0.05) is 5.38 Å². The Kier molecular flexibility index (Phi) is 3.76. The van der Waals surface area contributed by atoms with Crippen LogP contribution in [0.5, 0.6) is 0 Å². The fourth-order valence-electron chi connectivity index (χ4n) is 0.793. The van der Waals surface area contributed by atoms with Gasteiger partial charge in [-0.05, 0) is 6.92 Å².